The first kappa shape index (κ1) is 8.10. The van der Waals surface area contributed by atoms with Crippen LogP contribution in [0.3, 0.4) is 0 Å². The SMILES string of the molecule is O=C1OC[CH]N1Cc1ccccc1. The summed E-state index contributed by atoms with van der Waals surface area (Å²) in [7, 11) is 0. The third kappa shape index (κ3) is 1.80. The Labute approximate surface area is 76.9 Å². The smallest absolute Gasteiger partial charge is 0.410 e. The van der Waals surface area contributed by atoms with Crippen molar-refractivity contribution in [2.24, 2.45) is 0 Å². The molecular formula is C10H10NO2. The van der Waals surface area contributed by atoms with E-state index in [-0.39, 0.29) is 6.09 Å². The highest BCUT2D eigenvalue weighted by molar-refractivity contribution is 5.70. The maximum Gasteiger partial charge on any atom is 0.410 e. The lowest BCUT2D eigenvalue weighted by Gasteiger charge is -2.11. The second kappa shape index (κ2) is 3.47. The Kier molecular flexibility index (Phi) is 2.17. The normalized spacial score (nSPS) is 16.0. The van der Waals surface area contributed by atoms with E-state index < -0.39 is 0 Å². The summed E-state index contributed by atoms with van der Waals surface area (Å²) in [4.78, 5) is 12.6. The minimum Gasteiger partial charge on any atom is -0.447 e. The Hall–Kier alpha value is -1.51. The molecule has 0 bridgehead atoms. The molecule has 0 N–H and O–H groups in total. The van der Waals surface area contributed by atoms with Gasteiger partial charge in [0.1, 0.15) is 6.61 Å². The van der Waals surface area contributed by atoms with Gasteiger partial charge in [-0.25, -0.2) is 4.79 Å². The van der Waals surface area contributed by atoms with Gasteiger partial charge in [-0.15, -0.1) is 0 Å². The van der Waals surface area contributed by atoms with E-state index in [1.165, 1.54) is 0 Å². The topological polar surface area (TPSA) is 29.5 Å². The number of cyclic esters (lactones) is 1. The number of ether oxygens (including phenoxy) is 1. The number of amides is 1. The molecule has 1 aromatic rings. The molecule has 1 fully saturated rings. The fourth-order valence-electron chi connectivity index (χ4n) is 1.27. The molecule has 1 aliphatic heterocycles. The third-order valence-corrected chi connectivity index (χ3v) is 1.93. The summed E-state index contributed by atoms with van der Waals surface area (Å²) < 4.78 is 4.77. The van der Waals surface area contributed by atoms with Gasteiger partial charge in [-0.05, 0) is 5.56 Å². The van der Waals surface area contributed by atoms with Gasteiger partial charge >= 0.3 is 6.09 Å². The van der Waals surface area contributed by atoms with E-state index in [2.05, 4.69) is 0 Å². The summed E-state index contributed by atoms with van der Waals surface area (Å²) in [6.45, 7) is 2.75. The predicted octanol–water partition coefficient (Wildman–Crippen LogP) is 1.80. The Balaban J connectivity index is 2.02. The maximum atomic E-state index is 11.1. The molecule has 1 aliphatic rings. The molecule has 0 atom stereocenters. The predicted molar refractivity (Wildman–Crippen MR) is 47.6 cm³/mol. The van der Waals surface area contributed by atoms with Crippen molar-refractivity contribution in [3.63, 3.8) is 0 Å². The first-order chi connectivity index (χ1) is 6.36. The summed E-state index contributed by atoms with van der Waals surface area (Å²) in [6.07, 6.45) is -0.260. The summed E-state index contributed by atoms with van der Waals surface area (Å²) in [5, 5.41) is 0. The monoisotopic (exact) mass is 176 g/mol. The first-order valence-electron chi connectivity index (χ1n) is 4.17. The maximum absolute atomic E-state index is 11.1. The van der Waals surface area contributed by atoms with Crippen LogP contribution in [0.25, 0.3) is 0 Å². The highest BCUT2D eigenvalue weighted by atomic mass is 16.6. The van der Waals surface area contributed by atoms with E-state index in [1.807, 2.05) is 30.3 Å². The van der Waals surface area contributed by atoms with Crippen molar-refractivity contribution in [3.8, 4) is 0 Å². The fraction of sp³-hybridized carbons (Fsp3) is 0.200. The molecule has 0 unspecified atom stereocenters. The summed E-state index contributed by atoms with van der Waals surface area (Å²) in [5.74, 6) is 0. The van der Waals surface area contributed by atoms with E-state index >= 15 is 0 Å². The summed E-state index contributed by atoms with van der Waals surface area (Å²) in [5.41, 5.74) is 1.11. The van der Waals surface area contributed by atoms with Gasteiger partial charge in [-0.1, -0.05) is 30.3 Å². The van der Waals surface area contributed by atoms with E-state index in [4.69, 9.17) is 4.74 Å². The lowest BCUT2D eigenvalue weighted by atomic mass is 10.2. The van der Waals surface area contributed by atoms with Crippen LogP contribution < -0.4 is 0 Å². The summed E-state index contributed by atoms with van der Waals surface area (Å²) >= 11 is 0. The lowest BCUT2D eigenvalue weighted by molar-refractivity contribution is 0.157. The van der Waals surface area contributed by atoms with Crippen molar-refractivity contribution < 1.29 is 9.53 Å². The van der Waals surface area contributed by atoms with E-state index in [0.717, 1.165) is 5.56 Å². The van der Waals surface area contributed by atoms with Crippen LogP contribution in [0.2, 0.25) is 0 Å². The first-order valence-corrected chi connectivity index (χ1v) is 4.17. The molecule has 3 nitrogen and oxygen atoms in total. The number of nitrogens with zero attached hydrogens (tertiary/aromatic N) is 1. The Morgan fingerprint density at radius 1 is 1.31 bits per heavy atom. The molecule has 2 rings (SSSR count). The molecule has 1 heterocycles. The molecule has 13 heavy (non-hydrogen) atoms. The summed E-state index contributed by atoms with van der Waals surface area (Å²) in [6, 6.07) is 9.84. The Morgan fingerprint density at radius 2 is 2.08 bits per heavy atom. The largest absolute Gasteiger partial charge is 0.447 e. The molecular weight excluding hydrogens is 166 g/mol. The van der Waals surface area contributed by atoms with Gasteiger partial charge in [-0.2, -0.15) is 0 Å². The van der Waals surface area contributed by atoms with E-state index in [0.29, 0.717) is 13.2 Å². The number of rotatable bonds is 2. The van der Waals surface area contributed by atoms with Crippen molar-refractivity contribution in [1.82, 2.24) is 4.90 Å². The molecule has 0 saturated carbocycles. The second-order valence-electron chi connectivity index (χ2n) is 2.87. The van der Waals surface area contributed by atoms with E-state index in [9.17, 15) is 4.79 Å². The second-order valence-corrected chi connectivity index (χ2v) is 2.87. The van der Waals surface area contributed by atoms with Gasteiger partial charge in [0.05, 0.1) is 6.54 Å². The Morgan fingerprint density at radius 3 is 2.69 bits per heavy atom. The van der Waals surface area contributed by atoms with Crippen LogP contribution in [0.4, 0.5) is 4.79 Å². The standard InChI is InChI=1S/C10H10NO2/c12-10-11(6-7-13-10)8-9-4-2-1-3-5-9/h1-6H,7-8H2. The number of carbonyl (C=O) groups excluding carboxylic acids is 1. The van der Waals surface area contributed by atoms with Crippen molar-refractivity contribution in [1.29, 1.82) is 0 Å². The minimum absolute atomic E-state index is 0.260. The van der Waals surface area contributed by atoms with Crippen LogP contribution in [0, 0.1) is 6.54 Å². The van der Waals surface area contributed by atoms with Crippen LogP contribution >= 0.6 is 0 Å². The van der Waals surface area contributed by atoms with Gasteiger partial charge in [0.2, 0.25) is 0 Å². The van der Waals surface area contributed by atoms with Crippen molar-refractivity contribution in [2.75, 3.05) is 6.61 Å². The molecule has 1 amide bonds. The number of hydrogen-bond acceptors (Lipinski definition) is 2. The van der Waals surface area contributed by atoms with Gasteiger partial charge in [0, 0.05) is 6.54 Å². The van der Waals surface area contributed by atoms with Crippen molar-refractivity contribution in [3.05, 3.63) is 42.4 Å². The number of carbonyl (C=O) groups is 1. The molecule has 0 spiro atoms. The molecule has 1 saturated heterocycles. The van der Waals surface area contributed by atoms with Gasteiger partial charge in [0.15, 0.2) is 0 Å². The molecule has 1 radical (unpaired) electrons. The Bertz CT molecular complexity index is 297. The average molecular weight is 176 g/mol. The van der Waals surface area contributed by atoms with Gasteiger partial charge in [-0.3, -0.25) is 4.90 Å². The third-order valence-electron chi connectivity index (χ3n) is 1.93. The molecule has 1 aromatic carbocycles. The van der Waals surface area contributed by atoms with Crippen LogP contribution in [-0.4, -0.2) is 17.6 Å². The molecule has 3 heteroatoms. The zero-order chi connectivity index (χ0) is 9.10. The highest BCUT2D eigenvalue weighted by Crippen LogP contribution is 2.12. The zero-order valence-electron chi connectivity index (χ0n) is 7.14. The highest BCUT2D eigenvalue weighted by Gasteiger charge is 2.21. The minimum atomic E-state index is -0.260. The fourth-order valence-corrected chi connectivity index (χ4v) is 1.27. The van der Waals surface area contributed by atoms with Crippen LogP contribution in [-0.2, 0) is 11.3 Å². The van der Waals surface area contributed by atoms with Crippen molar-refractivity contribution >= 4 is 6.09 Å². The van der Waals surface area contributed by atoms with Crippen LogP contribution in [0.15, 0.2) is 30.3 Å². The van der Waals surface area contributed by atoms with Gasteiger partial charge in [0.25, 0.3) is 0 Å². The van der Waals surface area contributed by atoms with E-state index in [1.54, 1.807) is 11.4 Å². The lowest BCUT2D eigenvalue weighted by Crippen LogP contribution is -2.20. The van der Waals surface area contributed by atoms with Crippen LogP contribution in [0.1, 0.15) is 5.56 Å². The average Bonchev–Trinajstić information content (AvgIpc) is 2.54. The number of hydrogen-bond donors (Lipinski definition) is 0. The van der Waals surface area contributed by atoms with Crippen molar-refractivity contribution in [2.45, 2.75) is 6.54 Å². The zero-order valence-corrected chi connectivity index (χ0v) is 7.14. The molecule has 67 valence electrons. The quantitative estimate of drug-likeness (QED) is 0.687. The number of benzene rings is 1. The molecule has 0 aromatic heterocycles. The van der Waals surface area contributed by atoms with Gasteiger partial charge < -0.3 is 4.74 Å². The van der Waals surface area contributed by atoms with Crippen LogP contribution in [0.5, 0.6) is 0 Å². The molecule has 0 aliphatic carbocycles.